The molecule has 0 atom stereocenters. The van der Waals surface area contributed by atoms with Gasteiger partial charge in [-0.25, -0.2) is 0 Å². The van der Waals surface area contributed by atoms with Gasteiger partial charge < -0.3 is 0 Å². The maximum absolute atomic E-state index is 6.20. The summed E-state index contributed by atoms with van der Waals surface area (Å²) >= 11 is 6.20. The van der Waals surface area contributed by atoms with Crippen LogP contribution in [0, 0.1) is 5.92 Å². The number of benzene rings is 2. The third-order valence-corrected chi connectivity index (χ3v) is 5.13. The highest BCUT2D eigenvalue weighted by molar-refractivity contribution is 6.30. The molecule has 2 aromatic carbocycles. The molecule has 1 nitrogen and oxygen atoms in total. The molecule has 0 bridgehead atoms. The summed E-state index contributed by atoms with van der Waals surface area (Å²) in [6, 6.07) is 16.9. The molecule has 1 aliphatic carbocycles. The van der Waals surface area contributed by atoms with Crippen LogP contribution in [0.3, 0.4) is 0 Å². The summed E-state index contributed by atoms with van der Waals surface area (Å²) in [5.74, 6) is 0.844. The van der Waals surface area contributed by atoms with Crippen LogP contribution in [0.25, 0.3) is 22.0 Å². The van der Waals surface area contributed by atoms with Crippen LogP contribution in [-0.2, 0) is 6.42 Å². The van der Waals surface area contributed by atoms with Crippen molar-refractivity contribution in [3.63, 3.8) is 0 Å². The van der Waals surface area contributed by atoms with Crippen LogP contribution >= 0.6 is 11.6 Å². The van der Waals surface area contributed by atoms with Gasteiger partial charge in [-0.3, -0.25) is 4.98 Å². The van der Waals surface area contributed by atoms with Crippen molar-refractivity contribution >= 4 is 22.5 Å². The van der Waals surface area contributed by atoms with Crippen LogP contribution in [0.4, 0.5) is 0 Å². The van der Waals surface area contributed by atoms with Gasteiger partial charge in [0.2, 0.25) is 0 Å². The van der Waals surface area contributed by atoms with Crippen LogP contribution in [0.15, 0.2) is 54.7 Å². The van der Waals surface area contributed by atoms with Crippen molar-refractivity contribution in [3.05, 3.63) is 65.3 Å². The molecule has 0 unspecified atom stereocenters. The van der Waals surface area contributed by atoms with Gasteiger partial charge in [0, 0.05) is 22.2 Å². The Morgan fingerprint density at radius 1 is 1.00 bits per heavy atom. The van der Waals surface area contributed by atoms with Crippen molar-refractivity contribution in [1.29, 1.82) is 0 Å². The molecule has 1 saturated carbocycles. The average Bonchev–Trinajstić information content (AvgIpc) is 3.07. The number of hydrogen-bond donors (Lipinski definition) is 0. The fourth-order valence-corrected chi connectivity index (χ4v) is 3.99. The van der Waals surface area contributed by atoms with E-state index in [0.29, 0.717) is 0 Å². The highest BCUT2D eigenvalue weighted by atomic mass is 35.5. The van der Waals surface area contributed by atoms with Crippen molar-refractivity contribution in [2.24, 2.45) is 5.92 Å². The quantitative estimate of drug-likeness (QED) is 0.552. The second-order valence-electron chi connectivity index (χ2n) is 6.58. The van der Waals surface area contributed by atoms with E-state index in [4.69, 9.17) is 11.6 Å². The second-order valence-corrected chi connectivity index (χ2v) is 7.02. The highest BCUT2D eigenvalue weighted by Gasteiger charge is 2.17. The van der Waals surface area contributed by atoms with E-state index in [1.54, 1.807) is 0 Å². The standard InChI is InChI=1S/C21H20ClN/c22-19-9-3-7-17(14-19)20-13-16(11-15-5-1-2-6-15)12-18-8-4-10-23-21(18)20/h3-4,7-10,12-15H,1-2,5-6,11H2. The zero-order valence-electron chi connectivity index (χ0n) is 13.1. The Labute approximate surface area is 142 Å². The van der Waals surface area contributed by atoms with Crippen molar-refractivity contribution in [1.82, 2.24) is 4.98 Å². The monoisotopic (exact) mass is 321 g/mol. The summed E-state index contributed by atoms with van der Waals surface area (Å²) in [7, 11) is 0. The van der Waals surface area contributed by atoms with E-state index in [1.165, 1.54) is 48.6 Å². The van der Waals surface area contributed by atoms with Crippen molar-refractivity contribution in [2.75, 3.05) is 0 Å². The van der Waals surface area contributed by atoms with E-state index >= 15 is 0 Å². The molecule has 1 aliphatic rings. The van der Waals surface area contributed by atoms with Gasteiger partial charge >= 0.3 is 0 Å². The van der Waals surface area contributed by atoms with E-state index in [-0.39, 0.29) is 0 Å². The Bertz CT molecular complexity index is 834. The first-order valence-electron chi connectivity index (χ1n) is 8.43. The lowest BCUT2D eigenvalue weighted by Crippen LogP contribution is -1.99. The summed E-state index contributed by atoms with van der Waals surface area (Å²) in [6.07, 6.45) is 8.57. The molecular weight excluding hydrogens is 302 g/mol. The molecule has 116 valence electrons. The predicted molar refractivity (Wildman–Crippen MR) is 97.9 cm³/mol. The topological polar surface area (TPSA) is 12.9 Å². The summed E-state index contributed by atoms with van der Waals surface area (Å²) in [5, 5.41) is 1.99. The zero-order chi connectivity index (χ0) is 15.6. The lowest BCUT2D eigenvalue weighted by atomic mass is 9.93. The molecule has 1 fully saturated rings. The molecule has 23 heavy (non-hydrogen) atoms. The van der Waals surface area contributed by atoms with Crippen LogP contribution in [0.2, 0.25) is 5.02 Å². The van der Waals surface area contributed by atoms with Crippen LogP contribution in [0.1, 0.15) is 31.2 Å². The molecule has 1 aromatic heterocycles. The molecule has 0 spiro atoms. The van der Waals surface area contributed by atoms with Gasteiger partial charge in [-0.05, 0) is 53.8 Å². The summed E-state index contributed by atoms with van der Waals surface area (Å²) in [5.41, 5.74) is 4.82. The molecule has 4 rings (SSSR count). The minimum absolute atomic E-state index is 0.771. The molecule has 0 aliphatic heterocycles. The first kappa shape index (κ1) is 14.7. The molecule has 0 N–H and O–H groups in total. The average molecular weight is 322 g/mol. The summed E-state index contributed by atoms with van der Waals surface area (Å²) in [4.78, 5) is 4.62. The summed E-state index contributed by atoms with van der Waals surface area (Å²) < 4.78 is 0. The number of rotatable bonds is 3. The SMILES string of the molecule is Clc1cccc(-c2cc(CC3CCCC3)cc3cccnc23)c1. The normalized spacial score (nSPS) is 15.3. The molecule has 2 heteroatoms. The van der Waals surface area contributed by atoms with Gasteiger partial charge in [0.15, 0.2) is 0 Å². The predicted octanol–water partition coefficient (Wildman–Crippen LogP) is 6.29. The minimum atomic E-state index is 0.771. The Balaban J connectivity index is 1.83. The van der Waals surface area contributed by atoms with Crippen molar-refractivity contribution in [2.45, 2.75) is 32.1 Å². The fraction of sp³-hybridized carbons (Fsp3) is 0.286. The maximum atomic E-state index is 6.20. The number of fused-ring (bicyclic) bond motifs is 1. The van der Waals surface area contributed by atoms with Crippen molar-refractivity contribution < 1.29 is 0 Å². The van der Waals surface area contributed by atoms with Gasteiger partial charge in [0.05, 0.1) is 5.52 Å². The molecule has 3 aromatic rings. The lowest BCUT2D eigenvalue weighted by Gasteiger charge is -2.13. The number of aromatic nitrogens is 1. The van der Waals surface area contributed by atoms with Gasteiger partial charge in [-0.15, -0.1) is 0 Å². The molecule has 0 radical (unpaired) electrons. The smallest absolute Gasteiger partial charge is 0.0780 e. The van der Waals surface area contributed by atoms with E-state index in [2.05, 4.69) is 29.2 Å². The fourth-order valence-electron chi connectivity index (χ4n) is 3.80. The van der Waals surface area contributed by atoms with E-state index in [9.17, 15) is 0 Å². The van der Waals surface area contributed by atoms with Crippen molar-refractivity contribution in [3.8, 4) is 11.1 Å². The Morgan fingerprint density at radius 2 is 1.87 bits per heavy atom. The third kappa shape index (κ3) is 3.11. The Morgan fingerprint density at radius 3 is 2.70 bits per heavy atom. The maximum Gasteiger partial charge on any atom is 0.0780 e. The third-order valence-electron chi connectivity index (χ3n) is 4.90. The lowest BCUT2D eigenvalue weighted by molar-refractivity contribution is 0.547. The van der Waals surface area contributed by atoms with Gasteiger partial charge in [-0.1, -0.05) is 55.5 Å². The van der Waals surface area contributed by atoms with Crippen LogP contribution < -0.4 is 0 Å². The first-order valence-corrected chi connectivity index (χ1v) is 8.81. The van der Waals surface area contributed by atoms with E-state index in [0.717, 1.165) is 22.0 Å². The first-order chi connectivity index (χ1) is 11.3. The largest absolute Gasteiger partial charge is 0.256 e. The molecule has 0 saturated heterocycles. The zero-order valence-corrected chi connectivity index (χ0v) is 13.9. The van der Waals surface area contributed by atoms with Gasteiger partial charge in [0.1, 0.15) is 0 Å². The number of halogens is 1. The highest BCUT2D eigenvalue weighted by Crippen LogP contribution is 2.33. The van der Waals surface area contributed by atoms with E-state index < -0.39 is 0 Å². The number of nitrogens with zero attached hydrogens (tertiary/aromatic N) is 1. The van der Waals surface area contributed by atoms with Gasteiger partial charge in [-0.2, -0.15) is 0 Å². The molecule has 1 heterocycles. The molecule has 0 amide bonds. The minimum Gasteiger partial charge on any atom is -0.256 e. The van der Waals surface area contributed by atoms with Crippen LogP contribution in [0.5, 0.6) is 0 Å². The number of hydrogen-bond acceptors (Lipinski definition) is 1. The van der Waals surface area contributed by atoms with Crippen LogP contribution in [-0.4, -0.2) is 4.98 Å². The Hall–Kier alpha value is -1.86. The molecular formula is C21H20ClN. The van der Waals surface area contributed by atoms with E-state index in [1.807, 2.05) is 30.5 Å². The number of pyridine rings is 1. The Kier molecular flexibility index (Phi) is 4.05. The van der Waals surface area contributed by atoms with Gasteiger partial charge in [0.25, 0.3) is 0 Å². The summed E-state index contributed by atoms with van der Waals surface area (Å²) in [6.45, 7) is 0. The second kappa shape index (κ2) is 6.33.